The number of aromatic nitrogens is 1. The molecule has 0 radical (unpaired) electrons. The predicted molar refractivity (Wildman–Crippen MR) is 124 cm³/mol. The van der Waals surface area contributed by atoms with Crippen molar-refractivity contribution in [2.75, 3.05) is 6.61 Å². The van der Waals surface area contributed by atoms with Gasteiger partial charge in [-0.15, -0.1) is 0 Å². The highest BCUT2D eigenvalue weighted by Gasteiger charge is 2.35. The summed E-state index contributed by atoms with van der Waals surface area (Å²) in [5.41, 5.74) is 0.292. The number of halogens is 4. The number of aliphatic hydroxyl groups is 1. The minimum absolute atomic E-state index is 0.166. The number of nitrogens with one attached hydrogen (secondary N) is 1. The van der Waals surface area contributed by atoms with E-state index >= 15 is 0 Å². The van der Waals surface area contributed by atoms with Crippen LogP contribution in [-0.4, -0.2) is 39.9 Å². The van der Waals surface area contributed by atoms with E-state index in [2.05, 4.69) is 5.32 Å². The molecular formula is C25H30ClF3N2O3. The van der Waals surface area contributed by atoms with Crippen LogP contribution in [0.5, 0.6) is 0 Å². The number of carbonyl (C=O) groups excluding carboxylic acids is 1. The van der Waals surface area contributed by atoms with Crippen LogP contribution in [0.3, 0.4) is 0 Å². The zero-order chi connectivity index (χ0) is 24.7. The molecule has 1 aromatic heterocycles. The standard InChI is InChI=1S/C25H30ClF3N2O3/c1-15-17(23(33)30-20-6-3-4-7-22(20)32)13-21(31(15)14-24(2)10-5-11-34-24)18-12-16(25(27,28)29)8-9-19(18)26/h8-9,12-13,20,22,32H,3-7,10-11,14H2,1-2H3,(H,30,33)/t20-,22-,24+/m1/s1. The molecule has 2 N–H and O–H groups in total. The Bertz CT molecular complexity index is 1060. The highest BCUT2D eigenvalue weighted by Crippen LogP contribution is 2.39. The van der Waals surface area contributed by atoms with Gasteiger partial charge in [0.2, 0.25) is 0 Å². The van der Waals surface area contributed by atoms with E-state index in [0.29, 0.717) is 42.9 Å². The first-order valence-electron chi connectivity index (χ1n) is 11.7. The topological polar surface area (TPSA) is 63.5 Å². The zero-order valence-corrected chi connectivity index (χ0v) is 20.1. The van der Waals surface area contributed by atoms with Gasteiger partial charge in [0.05, 0.1) is 41.1 Å². The van der Waals surface area contributed by atoms with Crippen LogP contribution in [0.4, 0.5) is 13.2 Å². The van der Waals surface area contributed by atoms with Gasteiger partial charge in [-0.1, -0.05) is 24.4 Å². The lowest BCUT2D eigenvalue weighted by atomic mass is 9.92. The van der Waals surface area contributed by atoms with Gasteiger partial charge in [-0.05, 0) is 63.8 Å². The van der Waals surface area contributed by atoms with E-state index in [4.69, 9.17) is 16.3 Å². The summed E-state index contributed by atoms with van der Waals surface area (Å²) in [4.78, 5) is 13.2. The van der Waals surface area contributed by atoms with Gasteiger partial charge >= 0.3 is 6.18 Å². The van der Waals surface area contributed by atoms with E-state index in [9.17, 15) is 23.1 Å². The molecule has 2 aliphatic rings. The fourth-order valence-electron chi connectivity index (χ4n) is 5.02. The maximum atomic E-state index is 13.5. The van der Waals surface area contributed by atoms with Crippen LogP contribution in [0.2, 0.25) is 5.02 Å². The molecule has 186 valence electrons. The summed E-state index contributed by atoms with van der Waals surface area (Å²) in [5, 5.41) is 13.4. The van der Waals surface area contributed by atoms with Crippen molar-refractivity contribution in [1.82, 2.24) is 9.88 Å². The normalized spacial score (nSPS) is 25.5. The molecule has 2 fully saturated rings. The van der Waals surface area contributed by atoms with E-state index in [0.717, 1.165) is 37.8 Å². The Labute approximate surface area is 202 Å². The van der Waals surface area contributed by atoms with Crippen molar-refractivity contribution < 1.29 is 27.8 Å². The SMILES string of the molecule is Cc1c(C(=O)N[C@@H]2CCCC[C@H]2O)cc(-c2cc(C(F)(F)F)ccc2Cl)n1C[C@]1(C)CCCO1. The molecule has 3 atom stereocenters. The summed E-state index contributed by atoms with van der Waals surface area (Å²) in [7, 11) is 0. The first-order chi connectivity index (χ1) is 16.0. The Hall–Kier alpha value is -2.03. The molecule has 5 nitrogen and oxygen atoms in total. The number of carbonyl (C=O) groups is 1. The van der Waals surface area contributed by atoms with Crippen molar-refractivity contribution in [3.63, 3.8) is 0 Å². The molecule has 1 amide bonds. The van der Waals surface area contributed by atoms with Crippen LogP contribution in [0, 0.1) is 6.92 Å². The highest BCUT2D eigenvalue weighted by molar-refractivity contribution is 6.33. The van der Waals surface area contributed by atoms with Crippen molar-refractivity contribution >= 4 is 17.5 Å². The lowest BCUT2D eigenvalue weighted by molar-refractivity contribution is -0.137. The Kier molecular flexibility index (Phi) is 7.04. The largest absolute Gasteiger partial charge is 0.416 e. The molecular weight excluding hydrogens is 469 g/mol. The third-order valence-corrected chi connectivity index (χ3v) is 7.35. The van der Waals surface area contributed by atoms with Gasteiger partial charge < -0.3 is 19.7 Å². The molecule has 2 aromatic rings. The molecule has 2 heterocycles. The Morgan fingerprint density at radius 2 is 2.00 bits per heavy atom. The second-order valence-electron chi connectivity index (χ2n) is 9.64. The van der Waals surface area contributed by atoms with E-state index in [-0.39, 0.29) is 22.5 Å². The first kappa shape index (κ1) is 25.1. The number of nitrogens with zero attached hydrogens (tertiary/aromatic N) is 1. The average molecular weight is 499 g/mol. The number of hydrogen-bond donors (Lipinski definition) is 2. The van der Waals surface area contributed by atoms with Gasteiger partial charge in [-0.3, -0.25) is 4.79 Å². The molecule has 9 heteroatoms. The second-order valence-corrected chi connectivity index (χ2v) is 10.0. The van der Waals surface area contributed by atoms with Gasteiger partial charge in [0.15, 0.2) is 0 Å². The van der Waals surface area contributed by atoms with Crippen molar-refractivity contribution in [3.8, 4) is 11.3 Å². The summed E-state index contributed by atoms with van der Waals surface area (Å²) in [6.45, 7) is 4.73. The number of benzene rings is 1. The smallest absolute Gasteiger partial charge is 0.391 e. The molecule has 1 aliphatic heterocycles. The quantitative estimate of drug-likeness (QED) is 0.552. The van der Waals surface area contributed by atoms with Crippen LogP contribution in [0.1, 0.15) is 67.1 Å². The molecule has 4 rings (SSSR count). The maximum Gasteiger partial charge on any atom is 0.416 e. The van der Waals surface area contributed by atoms with Crippen LogP contribution in [-0.2, 0) is 17.5 Å². The van der Waals surface area contributed by atoms with Gasteiger partial charge in [0, 0.05) is 22.9 Å². The molecule has 0 unspecified atom stereocenters. The molecule has 1 saturated heterocycles. The summed E-state index contributed by atoms with van der Waals surface area (Å²) < 4.78 is 48.1. The third-order valence-electron chi connectivity index (χ3n) is 7.02. The molecule has 1 aliphatic carbocycles. The molecule has 34 heavy (non-hydrogen) atoms. The fraction of sp³-hybridized carbons (Fsp3) is 0.560. The number of aliphatic hydroxyl groups excluding tert-OH is 1. The number of rotatable bonds is 5. The maximum absolute atomic E-state index is 13.5. The molecule has 1 aromatic carbocycles. The lowest BCUT2D eigenvalue weighted by Gasteiger charge is -2.28. The average Bonchev–Trinajstić information content (AvgIpc) is 3.33. The molecule has 0 bridgehead atoms. The van der Waals surface area contributed by atoms with Crippen LogP contribution >= 0.6 is 11.6 Å². The summed E-state index contributed by atoms with van der Waals surface area (Å²) in [6.07, 6.45) is -0.286. The number of alkyl halides is 3. The Morgan fingerprint density at radius 3 is 2.65 bits per heavy atom. The predicted octanol–water partition coefficient (Wildman–Crippen LogP) is 5.74. The van der Waals surface area contributed by atoms with E-state index in [1.165, 1.54) is 6.07 Å². The van der Waals surface area contributed by atoms with E-state index in [1.54, 1.807) is 13.0 Å². The van der Waals surface area contributed by atoms with E-state index in [1.807, 2.05) is 11.5 Å². The third kappa shape index (κ3) is 5.14. The number of amides is 1. The molecule has 1 saturated carbocycles. The van der Waals surface area contributed by atoms with Crippen LogP contribution in [0.15, 0.2) is 24.3 Å². The van der Waals surface area contributed by atoms with E-state index < -0.39 is 23.4 Å². The van der Waals surface area contributed by atoms with Gasteiger partial charge in [-0.25, -0.2) is 0 Å². The van der Waals surface area contributed by atoms with Crippen LogP contribution < -0.4 is 5.32 Å². The monoisotopic (exact) mass is 498 g/mol. The Balaban J connectivity index is 1.77. The minimum atomic E-state index is -4.52. The van der Waals surface area contributed by atoms with Gasteiger partial charge in [0.25, 0.3) is 5.91 Å². The van der Waals surface area contributed by atoms with Crippen molar-refractivity contribution in [3.05, 3.63) is 46.1 Å². The van der Waals surface area contributed by atoms with Gasteiger partial charge in [-0.2, -0.15) is 13.2 Å². The lowest BCUT2D eigenvalue weighted by Crippen LogP contribution is -2.45. The zero-order valence-electron chi connectivity index (χ0n) is 19.3. The van der Waals surface area contributed by atoms with Crippen molar-refractivity contribution in [2.45, 2.75) is 82.8 Å². The Morgan fingerprint density at radius 1 is 1.26 bits per heavy atom. The van der Waals surface area contributed by atoms with Crippen LogP contribution in [0.25, 0.3) is 11.3 Å². The number of ether oxygens (including phenoxy) is 1. The second kappa shape index (κ2) is 9.55. The van der Waals surface area contributed by atoms with Crippen molar-refractivity contribution in [1.29, 1.82) is 0 Å². The highest BCUT2D eigenvalue weighted by atomic mass is 35.5. The summed E-state index contributed by atoms with van der Waals surface area (Å²) in [6, 6.07) is 4.46. The summed E-state index contributed by atoms with van der Waals surface area (Å²) in [5.74, 6) is -0.357. The fourth-order valence-corrected chi connectivity index (χ4v) is 5.24. The molecule has 0 spiro atoms. The van der Waals surface area contributed by atoms with Crippen molar-refractivity contribution in [2.24, 2.45) is 0 Å². The minimum Gasteiger partial charge on any atom is -0.391 e. The number of hydrogen-bond acceptors (Lipinski definition) is 3. The summed E-state index contributed by atoms with van der Waals surface area (Å²) >= 11 is 6.37. The van der Waals surface area contributed by atoms with Gasteiger partial charge in [0.1, 0.15) is 0 Å². The first-order valence-corrected chi connectivity index (χ1v) is 12.1.